The Balaban J connectivity index is 1.73. The van der Waals surface area contributed by atoms with E-state index >= 15 is 0 Å². The number of aliphatic imine (C=N–C) groups is 1. The highest BCUT2D eigenvalue weighted by molar-refractivity contribution is 5.79. The van der Waals surface area contributed by atoms with E-state index in [1.165, 1.54) is 25.7 Å². The van der Waals surface area contributed by atoms with Crippen molar-refractivity contribution >= 4 is 5.96 Å². The highest BCUT2D eigenvalue weighted by Crippen LogP contribution is 2.42. The second-order valence-electron chi connectivity index (χ2n) is 5.85. The van der Waals surface area contributed by atoms with Gasteiger partial charge in [0.1, 0.15) is 12.2 Å². The van der Waals surface area contributed by atoms with Crippen LogP contribution in [0.4, 0.5) is 0 Å². The Hall–Kier alpha value is -1.59. The van der Waals surface area contributed by atoms with Crippen LogP contribution in [0.25, 0.3) is 0 Å². The predicted octanol–water partition coefficient (Wildman–Crippen LogP) is 1.59. The normalized spacial score (nSPS) is 17.4. The molecule has 0 aliphatic heterocycles. The number of aryl methyl sites for hydroxylation is 1. The van der Waals surface area contributed by atoms with E-state index in [1.54, 1.807) is 6.33 Å². The average Bonchev–Trinajstić information content (AvgIpc) is 2.92. The van der Waals surface area contributed by atoms with E-state index in [4.69, 9.17) is 0 Å². The molecular formula is C15H28N6. The zero-order chi connectivity index (χ0) is 15.1. The molecule has 0 aromatic carbocycles. The van der Waals surface area contributed by atoms with Crippen LogP contribution in [0.15, 0.2) is 11.3 Å². The SMILES string of the molecule is CCc1nncn1CCNC(=NC)NCC1(CC)CCC1. The van der Waals surface area contributed by atoms with E-state index in [2.05, 4.69) is 44.2 Å². The Morgan fingerprint density at radius 2 is 2.19 bits per heavy atom. The fourth-order valence-corrected chi connectivity index (χ4v) is 2.86. The van der Waals surface area contributed by atoms with Crippen molar-refractivity contribution in [2.24, 2.45) is 10.4 Å². The highest BCUT2D eigenvalue weighted by Gasteiger charge is 2.34. The third-order valence-electron chi connectivity index (χ3n) is 4.68. The van der Waals surface area contributed by atoms with E-state index in [1.807, 2.05) is 7.05 Å². The number of nitrogens with zero attached hydrogens (tertiary/aromatic N) is 4. The van der Waals surface area contributed by atoms with Crippen LogP contribution in [-0.2, 0) is 13.0 Å². The summed E-state index contributed by atoms with van der Waals surface area (Å²) in [5, 5.41) is 14.9. The summed E-state index contributed by atoms with van der Waals surface area (Å²) < 4.78 is 2.08. The molecule has 1 aliphatic rings. The molecular weight excluding hydrogens is 264 g/mol. The molecule has 0 spiro atoms. The number of hydrogen-bond acceptors (Lipinski definition) is 3. The Morgan fingerprint density at radius 3 is 2.76 bits per heavy atom. The van der Waals surface area contributed by atoms with Gasteiger partial charge in [-0.05, 0) is 24.7 Å². The number of aromatic nitrogens is 3. The van der Waals surface area contributed by atoms with Crippen molar-refractivity contribution in [2.45, 2.75) is 52.5 Å². The minimum Gasteiger partial charge on any atom is -0.356 e. The first-order valence-electron chi connectivity index (χ1n) is 8.04. The van der Waals surface area contributed by atoms with Crippen LogP contribution in [0.2, 0.25) is 0 Å². The van der Waals surface area contributed by atoms with Gasteiger partial charge in [-0.25, -0.2) is 0 Å². The van der Waals surface area contributed by atoms with Crippen molar-refractivity contribution in [2.75, 3.05) is 20.1 Å². The topological polar surface area (TPSA) is 67.1 Å². The lowest BCUT2D eigenvalue weighted by Crippen LogP contribution is -2.46. The van der Waals surface area contributed by atoms with Gasteiger partial charge in [0.25, 0.3) is 0 Å². The molecule has 6 heteroatoms. The molecule has 0 radical (unpaired) electrons. The molecule has 0 unspecified atom stereocenters. The van der Waals surface area contributed by atoms with Gasteiger partial charge in [-0.1, -0.05) is 20.3 Å². The summed E-state index contributed by atoms with van der Waals surface area (Å²) in [6.07, 6.45) is 8.00. The van der Waals surface area contributed by atoms with Crippen LogP contribution in [-0.4, -0.2) is 40.9 Å². The first-order chi connectivity index (χ1) is 10.2. The molecule has 2 rings (SSSR count). The molecule has 1 aromatic rings. The molecule has 1 aromatic heterocycles. The van der Waals surface area contributed by atoms with E-state index in [0.29, 0.717) is 5.41 Å². The van der Waals surface area contributed by atoms with Crippen LogP contribution >= 0.6 is 0 Å². The second-order valence-corrected chi connectivity index (χ2v) is 5.85. The summed E-state index contributed by atoms with van der Waals surface area (Å²) >= 11 is 0. The zero-order valence-corrected chi connectivity index (χ0v) is 13.5. The molecule has 21 heavy (non-hydrogen) atoms. The molecule has 1 heterocycles. The Bertz CT molecular complexity index is 455. The molecule has 2 N–H and O–H groups in total. The summed E-state index contributed by atoms with van der Waals surface area (Å²) in [5.74, 6) is 1.92. The third-order valence-corrected chi connectivity index (χ3v) is 4.68. The van der Waals surface area contributed by atoms with Gasteiger partial charge in [-0.2, -0.15) is 0 Å². The van der Waals surface area contributed by atoms with Crippen LogP contribution < -0.4 is 10.6 Å². The van der Waals surface area contributed by atoms with Gasteiger partial charge in [0.05, 0.1) is 0 Å². The van der Waals surface area contributed by atoms with E-state index in [-0.39, 0.29) is 0 Å². The van der Waals surface area contributed by atoms with Crippen molar-refractivity contribution < 1.29 is 0 Å². The fraction of sp³-hybridized carbons (Fsp3) is 0.800. The van der Waals surface area contributed by atoms with Crippen molar-refractivity contribution in [1.82, 2.24) is 25.4 Å². The van der Waals surface area contributed by atoms with E-state index in [9.17, 15) is 0 Å². The monoisotopic (exact) mass is 292 g/mol. The fourth-order valence-electron chi connectivity index (χ4n) is 2.86. The van der Waals surface area contributed by atoms with Crippen LogP contribution in [0.5, 0.6) is 0 Å². The number of nitrogens with one attached hydrogen (secondary N) is 2. The third kappa shape index (κ3) is 3.95. The van der Waals surface area contributed by atoms with Gasteiger partial charge in [0.15, 0.2) is 5.96 Å². The molecule has 118 valence electrons. The van der Waals surface area contributed by atoms with Gasteiger partial charge < -0.3 is 15.2 Å². The van der Waals surface area contributed by atoms with Crippen molar-refractivity contribution in [3.05, 3.63) is 12.2 Å². The number of rotatable bonds is 7. The summed E-state index contributed by atoms with van der Waals surface area (Å²) in [7, 11) is 1.82. The van der Waals surface area contributed by atoms with E-state index < -0.39 is 0 Å². The van der Waals surface area contributed by atoms with Crippen molar-refractivity contribution in [3.8, 4) is 0 Å². The predicted molar refractivity (Wildman–Crippen MR) is 85.3 cm³/mol. The lowest BCUT2D eigenvalue weighted by atomic mass is 9.67. The van der Waals surface area contributed by atoms with Crippen molar-refractivity contribution in [3.63, 3.8) is 0 Å². The second kappa shape index (κ2) is 7.43. The van der Waals surface area contributed by atoms with E-state index in [0.717, 1.165) is 37.8 Å². The molecule has 0 bridgehead atoms. The van der Waals surface area contributed by atoms with Crippen LogP contribution in [0.1, 0.15) is 45.4 Å². The standard InChI is InChI=1S/C15H28N6/c1-4-13-20-19-12-21(13)10-9-17-14(16-3)18-11-15(5-2)7-6-8-15/h12H,4-11H2,1-3H3,(H2,16,17,18). The molecule has 1 saturated carbocycles. The molecule has 0 atom stereocenters. The molecule has 1 aliphatic carbocycles. The highest BCUT2D eigenvalue weighted by atomic mass is 15.3. The number of guanidine groups is 1. The maximum absolute atomic E-state index is 4.30. The zero-order valence-electron chi connectivity index (χ0n) is 13.5. The first kappa shape index (κ1) is 15.8. The first-order valence-corrected chi connectivity index (χ1v) is 8.04. The van der Waals surface area contributed by atoms with Gasteiger partial charge in [0, 0.05) is 33.1 Å². The molecule has 0 amide bonds. The smallest absolute Gasteiger partial charge is 0.191 e. The lowest BCUT2D eigenvalue weighted by molar-refractivity contribution is 0.131. The largest absolute Gasteiger partial charge is 0.356 e. The maximum Gasteiger partial charge on any atom is 0.191 e. The Morgan fingerprint density at radius 1 is 1.38 bits per heavy atom. The minimum atomic E-state index is 0.501. The molecule has 1 fully saturated rings. The molecule has 6 nitrogen and oxygen atoms in total. The quantitative estimate of drug-likeness (QED) is 0.591. The lowest BCUT2D eigenvalue weighted by Gasteiger charge is -2.41. The maximum atomic E-state index is 4.30. The van der Waals surface area contributed by atoms with Crippen LogP contribution in [0, 0.1) is 5.41 Å². The average molecular weight is 292 g/mol. The summed E-state index contributed by atoms with van der Waals surface area (Å²) in [6.45, 7) is 7.09. The van der Waals surface area contributed by atoms with Gasteiger partial charge in [-0.15, -0.1) is 10.2 Å². The summed E-state index contributed by atoms with van der Waals surface area (Å²) in [4.78, 5) is 4.30. The van der Waals surface area contributed by atoms with Gasteiger partial charge in [-0.3, -0.25) is 4.99 Å². The Labute approximate surface area is 127 Å². The summed E-state index contributed by atoms with van der Waals surface area (Å²) in [5.41, 5.74) is 0.501. The Kier molecular flexibility index (Phi) is 5.59. The van der Waals surface area contributed by atoms with Crippen molar-refractivity contribution in [1.29, 1.82) is 0 Å². The molecule has 0 saturated heterocycles. The van der Waals surface area contributed by atoms with Crippen LogP contribution in [0.3, 0.4) is 0 Å². The minimum absolute atomic E-state index is 0.501. The number of hydrogen-bond donors (Lipinski definition) is 2. The summed E-state index contributed by atoms with van der Waals surface area (Å²) in [6, 6.07) is 0. The van der Waals surface area contributed by atoms with Gasteiger partial charge >= 0.3 is 0 Å². The van der Waals surface area contributed by atoms with Gasteiger partial charge in [0.2, 0.25) is 0 Å².